The highest BCUT2D eigenvalue weighted by molar-refractivity contribution is 5.87. The van der Waals surface area contributed by atoms with Crippen LogP contribution in [0.15, 0.2) is 41.0 Å². The van der Waals surface area contributed by atoms with E-state index < -0.39 is 5.97 Å². The van der Waals surface area contributed by atoms with Crippen LogP contribution in [0.2, 0.25) is 0 Å². The van der Waals surface area contributed by atoms with Gasteiger partial charge in [-0.15, -0.1) is 6.42 Å². The summed E-state index contributed by atoms with van der Waals surface area (Å²) in [5.74, 6) is 2.10. The lowest BCUT2D eigenvalue weighted by Gasteiger charge is -2.04. The third kappa shape index (κ3) is 2.71. The van der Waals surface area contributed by atoms with E-state index in [0.29, 0.717) is 12.3 Å². The van der Waals surface area contributed by atoms with E-state index in [9.17, 15) is 4.79 Å². The standard InChI is InChI=1S/C14H11NO3/c1-2-10-4-3-5-12(6-10)15-8-13-7-11(9-18-13)14(16)17/h1,3-7,9,15H,8H2,(H,16,17). The largest absolute Gasteiger partial charge is 0.478 e. The van der Waals surface area contributed by atoms with Gasteiger partial charge in [0.25, 0.3) is 0 Å². The molecule has 0 spiro atoms. The summed E-state index contributed by atoms with van der Waals surface area (Å²) in [6.45, 7) is 0.404. The fourth-order valence-electron chi connectivity index (χ4n) is 1.49. The first kappa shape index (κ1) is 11.8. The molecule has 1 aromatic carbocycles. The molecule has 2 N–H and O–H groups in total. The molecule has 2 rings (SSSR count). The molecule has 0 radical (unpaired) electrons. The Hall–Kier alpha value is -2.67. The summed E-state index contributed by atoms with van der Waals surface area (Å²) in [5.41, 5.74) is 1.79. The van der Waals surface area contributed by atoms with Crippen LogP contribution in [0.3, 0.4) is 0 Å². The third-order valence-corrected chi connectivity index (χ3v) is 2.40. The lowest BCUT2D eigenvalue weighted by Crippen LogP contribution is -1.98. The monoisotopic (exact) mass is 241 g/mol. The second kappa shape index (κ2) is 5.11. The van der Waals surface area contributed by atoms with Crippen LogP contribution >= 0.6 is 0 Å². The molecular formula is C14H11NO3. The van der Waals surface area contributed by atoms with Crippen molar-refractivity contribution in [3.63, 3.8) is 0 Å². The van der Waals surface area contributed by atoms with Crippen molar-refractivity contribution in [3.05, 3.63) is 53.5 Å². The fourth-order valence-corrected chi connectivity index (χ4v) is 1.49. The Kier molecular flexibility index (Phi) is 3.35. The van der Waals surface area contributed by atoms with Crippen LogP contribution in [0, 0.1) is 12.3 Å². The quantitative estimate of drug-likeness (QED) is 0.807. The Labute approximate surface area is 104 Å². The second-order valence-electron chi connectivity index (χ2n) is 3.69. The van der Waals surface area contributed by atoms with Crippen molar-refractivity contribution in [2.24, 2.45) is 0 Å². The number of anilines is 1. The summed E-state index contributed by atoms with van der Waals surface area (Å²) in [4.78, 5) is 10.7. The average molecular weight is 241 g/mol. The predicted molar refractivity (Wildman–Crippen MR) is 67.4 cm³/mol. The van der Waals surface area contributed by atoms with Crippen molar-refractivity contribution in [2.75, 3.05) is 5.32 Å². The van der Waals surface area contributed by atoms with Gasteiger partial charge in [0, 0.05) is 11.3 Å². The van der Waals surface area contributed by atoms with Gasteiger partial charge in [0.1, 0.15) is 12.0 Å². The highest BCUT2D eigenvalue weighted by atomic mass is 16.4. The van der Waals surface area contributed by atoms with Gasteiger partial charge >= 0.3 is 5.97 Å². The molecule has 18 heavy (non-hydrogen) atoms. The highest BCUT2D eigenvalue weighted by Gasteiger charge is 2.07. The normalized spacial score (nSPS) is 9.72. The first-order valence-corrected chi connectivity index (χ1v) is 5.30. The Morgan fingerprint density at radius 2 is 2.28 bits per heavy atom. The summed E-state index contributed by atoms with van der Waals surface area (Å²) >= 11 is 0. The molecular weight excluding hydrogens is 230 g/mol. The van der Waals surface area contributed by atoms with E-state index in [1.54, 1.807) is 0 Å². The van der Waals surface area contributed by atoms with E-state index in [1.165, 1.54) is 12.3 Å². The summed E-state index contributed by atoms with van der Waals surface area (Å²) in [6.07, 6.45) is 6.52. The van der Waals surface area contributed by atoms with Crippen LogP contribution in [0.4, 0.5) is 5.69 Å². The molecule has 0 saturated heterocycles. The van der Waals surface area contributed by atoms with Crippen molar-refractivity contribution < 1.29 is 14.3 Å². The van der Waals surface area contributed by atoms with Crippen molar-refractivity contribution in [3.8, 4) is 12.3 Å². The molecule has 1 aromatic heterocycles. The molecule has 4 heteroatoms. The molecule has 0 atom stereocenters. The summed E-state index contributed by atoms with van der Waals surface area (Å²) < 4.78 is 5.12. The number of carbonyl (C=O) groups is 1. The molecule has 0 fully saturated rings. The molecule has 0 bridgehead atoms. The minimum Gasteiger partial charge on any atom is -0.478 e. The molecule has 0 aliphatic heterocycles. The van der Waals surface area contributed by atoms with Gasteiger partial charge in [-0.05, 0) is 24.3 Å². The topological polar surface area (TPSA) is 62.5 Å². The molecule has 90 valence electrons. The summed E-state index contributed by atoms with van der Waals surface area (Å²) in [5, 5.41) is 11.9. The molecule has 0 aliphatic rings. The molecule has 0 amide bonds. The van der Waals surface area contributed by atoms with Crippen molar-refractivity contribution >= 4 is 11.7 Å². The first-order valence-electron chi connectivity index (χ1n) is 5.30. The lowest BCUT2D eigenvalue weighted by molar-refractivity contribution is 0.0696. The number of terminal acetylenes is 1. The third-order valence-electron chi connectivity index (χ3n) is 2.40. The van der Waals surface area contributed by atoms with E-state index in [4.69, 9.17) is 15.9 Å². The fraction of sp³-hybridized carbons (Fsp3) is 0.0714. The van der Waals surface area contributed by atoms with Crippen LogP contribution in [0.25, 0.3) is 0 Å². The van der Waals surface area contributed by atoms with Gasteiger partial charge in [0.2, 0.25) is 0 Å². The van der Waals surface area contributed by atoms with Gasteiger partial charge in [-0.2, -0.15) is 0 Å². The van der Waals surface area contributed by atoms with E-state index >= 15 is 0 Å². The zero-order chi connectivity index (χ0) is 13.0. The van der Waals surface area contributed by atoms with Gasteiger partial charge in [-0.3, -0.25) is 0 Å². The number of carboxylic acids is 1. The first-order chi connectivity index (χ1) is 8.69. The van der Waals surface area contributed by atoms with Gasteiger partial charge in [-0.25, -0.2) is 4.79 Å². The average Bonchev–Trinajstić information content (AvgIpc) is 2.85. The van der Waals surface area contributed by atoms with Gasteiger partial charge < -0.3 is 14.8 Å². The van der Waals surface area contributed by atoms with Gasteiger partial charge in [0.05, 0.1) is 12.1 Å². The molecule has 0 saturated carbocycles. The Bertz CT molecular complexity index is 607. The maximum atomic E-state index is 10.7. The molecule has 0 unspecified atom stereocenters. The van der Waals surface area contributed by atoms with Crippen LogP contribution in [-0.2, 0) is 6.54 Å². The van der Waals surface area contributed by atoms with Gasteiger partial charge in [0.15, 0.2) is 0 Å². The van der Waals surface area contributed by atoms with E-state index in [0.717, 1.165) is 11.3 Å². The summed E-state index contributed by atoms with van der Waals surface area (Å²) in [6, 6.07) is 8.88. The number of rotatable bonds is 4. The SMILES string of the molecule is C#Cc1cccc(NCc2cc(C(=O)O)co2)c1. The number of nitrogens with one attached hydrogen (secondary N) is 1. The van der Waals surface area contributed by atoms with Crippen molar-refractivity contribution in [1.82, 2.24) is 0 Å². The van der Waals surface area contributed by atoms with E-state index in [-0.39, 0.29) is 5.56 Å². The number of hydrogen-bond donors (Lipinski definition) is 2. The zero-order valence-electron chi connectivity index (χ0n) is 9.51. The molecule has 0 aliphatic carbocycles. The maximum absolute atomic E-state index is 10.7. The number of benzene rings is 1. The van der Waals surface area contributed by atoms with Gasteiger partial charge in [-0.1, -0.05) is 12.0 Å². The number of furan rings is 1. The number of hydrogen-bond acceptors (Lipinski definition) is 3. The second-order valence-corrected chi connectivity index (χ2v) is 3.69. The number of aromatic carboxylic acids is 1. The van der Waals surface area contributed by atoms with Crippen LogP contribution < -0.4 is 5.32 Å². The maximum Gasteiger partial charge on any atom is 0.338 e. The van der Waals surface area contributed by atoms with E-state index in [2.05, 4.69) is 11.2 Å². The van der Waals surface area contributed by atoms with E-state index in [1.807, 2.05) is 24.3 Å². The number of carboxylic acid groups (broad SMARTS) is 1. The minimum absolute atomic E-state index is 0.143. The summed E-state index contributed by atoms with van der Waals surface area (Å²) in [7, 11) is 0. The Balaban J connectivity index is 2.02. The minimum atomic E-state index is -1.00. The Morgan fingerprint density at radius 1 is 1.44 bits per heavy atom. The zero-order valence-corrected chi connectivity index (χ0v) is 9.51. The predicted octanol–water partition coefficient (Wildman–Crippen LogP) is 2.57. The lowest BCUT2D eigenvalue weighted by atomic mass is 10.2. The van der Waals surface area contributed by atoms with Crippen LogP contribution in [-0.4, -0.2) is 11.1 Å². The van der Waals surface area contributed by atoms with Crippen molar-refractivity contribution in [1.29, 1.82) is 0 Å². The smallest absolute Gasteiger partial charge is 0.338 e. The Morgan fingerprint density at radius 3 is 2.94 bits per heavy atom. The highest BCUT2D eigenvalue weighted by Crippen LogP contribution is 2.13. The molecule has 4 nitrogen and oxygen atoms in total. The molecule has 2 aromatic rings. The van der Waals surface area contributed by atoms with Crippen LogP contribution in [0.5, 0.6) is 0 Å². The van der Waals surface area contributed by atoms with Crippen LogP contribution in [0.1, 0.15) is 21.7 Å². The van der Waals surface area contributed by atoms with Crippen molar-refractivity contribution in [2.45, 2.75) is 6.54 Å². The molecule has 1 heterocycles.